The minimum atomic E-state index is -1.17. The fourth-order valence-corrected chi connectivity index (χ4v) is 3.33. The van der Waals surface area contributed by atoms with Crippen molar-refractivity contribution in [3.05, 3.63) is 60.2 Å². The number of fused-ring (bicyclic) bond motifs is 1. The minimum Gasteiger partial charge on any atom is -0.451 e. The minimum absolute atomic E-state index is 0.135. The molecule has 0 spiro atoms. The second kappa shape index (κ2) is 8.99. The lowest BCUT2D eigenvalue weighted by molar-refractivity contribution is -0.154. The van der Waals surface area contributed by atoms with E-state index in [-0.39, 0.29) is 24.8 Å². The fraction of sp³-hybridized carbons (Fsp3) is 0.304. The van der Waals surface area contributed by atoms with Gasteiger partial charge in [-0.05, 0) is 38.5 Å². The van der Waals surface area contributed by atoms with Crippen molar-refractivity contribution in [2.45, 2.75) is 38.8 Å². The first-order chi connectivity index (χ1) is 14.7. The average Bonchev–Trinajstić information content (AvgIpc) is 2.73. The van der Waals surface area contributed by atoms with E-state index < -0.39 is 23.5 Å². The molecule has 2 N–H and O–H groups in total. The summed E-state index contributed by atoms with van der Waals surface area (Å²) < 4.78 is 5.23. The maximum atomic E-state index is 13.1. The summed E-state index contributed by atoms with van der Waals surface area (Å²) in [5, 5.41) is 5.27. The molecule has 0 aromatic heterocycles. The van der Waals surface area contributed by atoms with E-state index in [0.29, 0.717) is 11.4 Å². The maximum Gasteiger partial charge on any atom is 0.326 e. The molecule has 2 aromatic rings. The highest BCUT2D eigenvalue weighted by Crippen LogP contribution is 2.37. The Morgan fingerprint density at radius 1 is 1.06 bits per heavy atom. The molecule has 2 aromatic carbocycles. The van der Waals surface area contributed by atoms with Crippen molar-refractivity contribution >= 4 is 35.1 Å². The second-order valence-corrected chi connectivity index (χ2v) is 7.78. The molecule has 3 rings (SSSR count). The van der Waals surface area contributed by atoms with Gasteiger partial charge in [0.05, 0.1) is 17.8 Å². The van der Waals surface area contributed by atoms with Gasteiger partial charge in [0.25, 0.3) is 5.91 Å². The van der Waals surface area contributed by atoms with Crippen LogP contribution in [0.2, 0.25) is 0 Å². The van der Waals surface area contributed by atoms with Crippen LogP contribution in [-0.4, -0.2) is 41.9 Å². The Bertz CT molecular complexity index is 1000. The third-order valence-electron chi connectivity index (χ3n) is 5.02. The van der Waals surface area contributed by atoms with Crippen molar-refractivity contribution in [3.8, 4) is 0 Å². The Hall–Kier alpha value is -3.68. The first kappa shape index (κ1) is 22.0. The van der Waals surface area contributed by atoms with Gasteiger partial charge < -0.3 is 15.4 Å². The van der Waals surface area contributed by atoms with Gasteiger partial charge in [-0.2, -0.15) is 0 Å². The molecule has 1 heterocycles. The van der Waals surface area contributed by atoms with E-state index in [1.54, 1.807) is 38.1 Å². The van der Waals surface area contributed by atoms with Crippen molar-refractivity contribution < 1.29 is 23.9 Å². The number of anilines is 2. The smallest absolute Gasteiger partial charge is 0.326 e. The average molecular weight is 423 g/mol. The molecule has 8 nitrogen and oxygen atoms in total. The summed E-state index contributed by atoms with van der Waals surface area (Å²) in [7, 11) is 0. The molecule has 1 aliphatic heterocycles. The first-order valence-electron chi connectivity index (χ1n) is 9.95. The summed E-state index contributed by atoms with van der Waals surface area (Å²) in [4.78, 5) is 51.1. The number of esters is 1. The highest BCUT2D eigenvalue weighted by Gasteiger charge is 2.45. The van der Waals surface area contributed by atoms with Crippen LogP contribution in [0.15, 0.2) is 54.6 Å². The lowest BCUT2D eigenvalue weighted by Crippen LogP contribution is -2.60. The summed E-state index contributed by atoms with van der Waals surface area (Å²) in [5.74, 6) is -1.94. The molecular formula is C23H25N3O5. The number of carbonyl (C=O) groups excluding carboxylic acids is 4. The third-order valence-corrected chi connectivity index (χ3v) is 5.02. The predicted molar refractivity (Wildman–Crippen MR) is 115 cm³/mol. The number of carbonyl (C=O) groups is 4. The first-order valence-corrected chi connectivity index (χ1v) is 9.95. The molecule has 0 radical (unpaired) electrons. The van der Waals surface area contributed by atoms with E-state index in [0.717, 1.165) is 5.56 Å². The summed E-state index contributed by atoms with van der Waals surface area (Å²) in [6.45, 7) is 4.32. The molecule has 0 saturated heterocycles. The van der Waals surface area contributed by atoms with Crippen LogP contribution in [0.1, 0.15) is 26.3 Å². The molecule has 0 unspecified atom stereocenters. The van der Waals surface area contributed by atoms with Gasteiger partial charge in [-0.15, -0.1) is 0 Å². The van der Waals surface area contributed by atoms with Crippen molar-refractivity contribution in [1.29, 1.82) is 0 Å². The maximum absolute atomic E-state index is 13.1. The number of hydrogen-bond donors (Lipinski definition) is 2. The van der Waals surface area contributed by atoms with E-state index in [1.165, 1.54) is 11.8 Å². The summed E-state index contributed by atoms with van der Waals surface area (Å²) in [6, 6.07) is 16.0. The summed E-state index contributed by atoms with van der Waals surface area (Å²) in [5.41, 5.74) is 0.681. The van der Waals surface area contributed by atoms with Crippen molar-refractivity contribution in [2.24, 2.45) is 0 Å². The van der Waals surface area contributed by atoms with Crippen molar-refractivity contribution in [1.82, 2.24) is 5.32 Å². The Morgan fingerprint density at radius 3 is 2.42 bits per heavy atom. The van der Waals surface area contributed by atoms with E-state index in [2.05, 4.69) is 10.6 Å². The number of nitrogens with one attached hydrogen (secondary N) is 2. The second-order valence-electron chi connectivity index (χ2n) is 7.78. The van der Waals surface area contributed by atoms with Crippen LogP contribution in [0, 0.1) is 0 Å². The molecule has 0 fully saturated rings. The van der Waals surface area contributed by atoms with Gasteiger partial charge in [0.2, 0.25) is 11.8 Å². The molecule has 8 heteroatoms. The Kier molecular flexibility index (Phi) is 6.39. The normalized spacial score (nSPS) is 15.3. The number of amides is 3. The Morgan fingerprint density at radius 2 is 1.71 bits per heavy atom. The van der Waals surface area contributed by atoms with E-state index in [1.807, 2.05) is 30.3 Å². The number of hydrogen-bond acceptors (Lipinski definition) is 5. The van der Waals surface area contributed by atoms with Crippen LogP contribution >= 0.6 is 0 Å². The number of rotatable bonds is 6. The number of ether oxygens (including phenoxy) is 1. The lowest BCUT2D eigenvalue weighted by Gasteiger charge is -2.42. The zero-order valence-corrected chi connectivity index (χ0v) is 17.7. The molecule has 0 saturated carbocycles. The zero-order valence-electron chi connectivity index (χ0n) is 17.7. The van der Waals surface area contributed by atoms with Crippen LogP contribution in [0.5, 0.6) is 0 Å². The van der Waals surface area contributed by atoms with Gasteiger partial charge >= 0.3 is 5.97 Å². The standard InChI is InChI=1S/C23H25N3O5/c1-15(31-20(28)14-24-19(27)13-16-9-5-4-6-10-16)21(29)26-18-12-8-7-11-17(18)25-22(30)23(26,2)3/h4-12,15H,13-14H2,1-3H3,(H,24,27)(H,25,30)/t15-/m1/s1. The molecule has 1 atom stereocenters. The highest BCUT2D eigenvalue weighted by molar-refractivity contribution is 6.15. The fourth-order valence-electron chi connectivity index (χ4n) is 3.33. The number of para-hydroxylation sites is 2. The Balaban J connectivity index is 1.61. The van der Waals surface area contributed by atoms with Gasteiger partial charge in [-0.25, -0.2) is 0 Å². The van der Waals surface area contributed by atoms with Crippen LogP contribution in [0.4, 0.5) is 11.4 Å². The monoisotopic (exact) mass is 423 g/mol. The number of benzene rings is 2. The summed E-state index contributed by atoms with van der Waals surface area (Å²) >= 11 is 0. The van der Waals surface area contributed by atoms with Crippen LogP contribution in [0.25, 0.3) is 0 Å². The zero-order chi connectivity index (χ0) is 22.6. The molecule has 162 valence electrons. The number of nitrogens with zero attached hydrogens (tertiary/aromatic N) is 1. The Labute approximate surface area is 180 Å². The SMILES string of the molecule is C[C@@H](OC(=O)CNC(=O)Cc1ccccc1)C(=O)N1c2ccccc2NC(=O)C1(C)C. The van der Waals surface area contributed by atoms with E-state index in [4.69, 9.17) is 4.74 Å². The quantitative estimate of drug-likeness (QED) is 0.692. The van der Waals surface area contributed by atoms with E-state index in [9.17, 15) is 19.2 Å². The van der Waals surface area contributed by atoms with Crippen LogP contribution in [-0.2, 0) is 30.3 Å². The highest BCUT2D eigenvalue weighted by atomic mass is 16.5. The third kappa shape index (κ3) is 4.91. The topological polar surface area (TPSA) is 105 Å². The molecular weight excluding hydrogens is 398 g/mol. The molecule has 3 amide bonds. The lowest BCUT2D eigenvalue weighted by atomic mass is 9.95. The van der Waals surface area contributed by atoms with Gasteiger partial charge in [0, 0.05) is 0 Å². The molecule has 0 bridgehead atoms. The van der Waals surface area contributed by atoms with Crippen molar-refractivity contribution in [3.63, 3.8) is 0 Å². The van der Waals surface area contributed by atoms with Gasteiger partial charge in [0.1, 0.15) is 12.1 Å². The predicted octanol–water partition coefficient (Wildman–Crippen LogP) is 2.04. The largest absolute Gasteiger partial charge is 0.451 e. The molecule has 1 aliphatic rings. The van der Waals surface area contributed by atoms with Gasteiger partial charge in [0.15, 0.2) is 6.10 Å². The van der Waals surface area contributed by atoms with E-state index >= 15 is 0 Å². The molecule has 31 heavy (non-hydrogen) atoms. The summed E-state index contributed by atoms with van der Waals surface area (Å²) in [6.07, 6.45) is -1.01. The van der Waals surface area contributed by atoms with Gasteiger partial charge in [-0.1, -0.05) is 42.5 Å². The van der Waals surface area contributed by atoms with Gasteiger partial charge in [-0.3, -0.25) is 24.1 Å². The molecule has 0 aliphatic carbocycles. The van der Waals surface area contributed by atoms with Crippen molar-refractivity contribution in [2.75, 3.05) is 16.8 Å². The van der Waals surface area contributed by atoms with Crippen LogP contribution in [0.3, 0.4) is 0 Å². The van der Waals surface area contributed by atoms with Crippen LogP contribution < -0.4 is 15.5 Å².